The van der Waals surface area contributed by atoms with Gasteiger partial charge in [-0.15, -0.1) is 0 Å². The second-order valence-electron chi connectivity index (χ2n) is 4.22. The van der Waals surface area contributed by atoms with Gasteiger partial charge in [-0.25, -0.2) is 0 Å². The van der Waals surface area contributed by atoms with Gasteiger partial charge in [0.25, 0.3) is 0 Å². The van der Waals surface area contributed by atoms with Crippen LogP contribution < -0.4 is 0 Å². The van der Waals surface area contributed by atoms with Crippen LogP contribution >= 0.6 is 0 Å². The topological polar surface area (TPSA) is 9.23 Å². The van der Waals surface area contributed by atoms with E-state index in [1.165, 1.54) is 25.7 Å². The molecule has 0 aliphatic heterocycles. The molecule has 2 aliphatic rings. The molecule has 2 rings (SSSR count). The predicted molar refractivity (Wildman–Crippen MR) is 45.5 cm³/mol. The van der Waals surface area contributed by atoms with Crippen LogP contribution in [-0.2, 0) is 4.74 Å². The van der Waals surface area contributed by atoms with E-state index in [2.05, 4.69) is 13.8 Å². The van der Waals surface area contributed by atoms with E-state index >= 15 is 0 Å². The number of hydrogen-bond donors (Lipinski definition) is 0. The lowest BCUT2D eigenvalue weighted by Crippen LogP contribution is -2.20. The molecule has 0 bridgehead atoms. The van der Waals surface area contributed by atoms with Gasteiger partial charge in [-0.05, 0) is 51.4 Å². The molecule has 0 aromatic carbocycles. The highest BCUT2D eigenvalue weighted by Crippen LogP contribution is 2.39. The Kier molecular flexibility index (Phi) is 1.92. The van der Waals surface area contributed by atoms with Crippen molar-refractivity contribution in [3.8, 4) is 0 Å². The Bertz CT molecular complexity index is 120. The Morgan fingerprint density at radius 2 is 1.27 bits per heavy atom. The SMILES string of the molecule is CC(OC(C)C1CC1)C1CC1. The summed E-state index contributed by atoms with van der Waals surface area (Å²) in [5.41, 5.74) is 0. The van der Waals surface area contributed by atoms with Crippen molar-refractivity contribution >= 4 is 0 Å². The smallest absolute Gasteiger partial charge is 0.0578 e. The number of rotatable bonds is 4. The predicted octanol–water partition coefficient (Wildman–Crippen LogP) is 2.60. The van der Waals surface area contributed by atoms with Crippen LogP contribution in [0.3, 0.4) is 0 Å². The fourth-order valence-electron chi connectivity index (χ4n) is 1.69. The molecule has 11 heavy (non-hydrogen) atoms. The van der Waals surface area contributed by atoms with Crippen molar-refractivity contribution in [2.24, 2.45) is 11.8 Å². The van der Waals surface area contributed by atoms with Gasteiger partial charge in [-0.1, -0.05) is 0 Å². The van der Waals surface area contributed by atoms with E-state index in [4.69, 9.17) is 4.74 Å². The third-order valence-electron chi connectivity index (χ3n) is 3.00. The summed E-state index contributed by atoms with van der Waals surface area (Å²) in [6.45, 7) is 4.47. The normalized spacial score (nSPS) is 30.0. The van der Waals surface area contributed by atoms with E-state index in [1.54, 1.807) is 0 Å². The van der Waals surface area contributed by atoms with E-state index in [1.807, 2.05) is 0 Å². The Morgan fingerprint density at radius 3 is 1.55 bits per heavy atom. The van der Waals surface area contributed by atoms with E-state index < -0.39 is 0 Å². The Labute approximate surface area is 69.1 Å². The molecule has 0 aromatic rings. The van der Waals surface area contributed by atoms with Crippen molar-refractivity contribution in [3.05, 3.63) is 0 Å². The third-order valence-corrected chi connectivity index (χ3v) is 3.00. The van der Waals surface area contributed by atoms with Crippen LogP contribution in [0, 0.1) is 11.8 Å². The molecule has 0 aromatic heterocycles. The van der Waals surface area contributed by atoms with Crippen molar-refractivity contribution in [1.82, 2.24) is 0 Å². The zero-order valence-corrected chi connectivity index (χ0v) is 7.55. The van der Waals surface area contributed by atoms with Gasteiger partial charge in [-0.2, -0.15) is 0 Å². The second-order valence-corrected chi connectivity index (χ2v) is 4.22. The van der Waals surface area contributed by atoms with Crippen LogP contribution in [0.5, 0.6) is 0 Å². The van der Waals surface area contributed by atoms with Crippen LogP contribution in [0.15, 0.2) is 0 Å². The van der Waals surface area contributed by atoms with Crippen molar-refractivity contribution in [3.63, 3.8) is 0 Å². The first-order valence-corrected chi connectivity index (χ1v) is 4.93. The first-order valence-electron chi connectivity index (χ1n) is 4.93. The molecule has 1 nitrogen and oxygen atoms in total. The summed E-state index contributed by atoms with van der Waals surface area (Å²) in [5.74, 6) is 1.80. The molecule has 0 radical (unpaired) electrons. The Balaban J connectivity index is 1.69. The van der Waals surface area contributed by atoms with E-state index in [0.717, 1.165) is 11.8 Å². The van der Waals surface area contributed by atoms with Gasteiger partial charge < -0.3 is 4.74 Å². The molecule has 2 fully saturated rings. The monoisotopic (exact) mass is 154 g/mol. The van der Waals surface area contributed by atoms with Crippen LogP contribution in [0.2, 0.25) is 0 Å². The quantitative estimate of drug-likeness (QED) is 0.604. The molecular weight excluding hydrogens is 136 g/mol. The van der Waals surface area contributed by atoms with Crippen LogP contribution in [0.25, 0.3) is 0 Å². The van der Waals surface area contributed by atoms with Gasteiger partial charge >= 0.3 is 0 Å². The van der Waals surface area contributed by atoms with Crippen LogP contribution in [-0.4, -0.2) is 12.2 Å². The lowest BCUT2D eigenvalue weighted by atomic mass is 10.2. The fourth-order valence-corrected chi connectivity index (χ4v) is 1.69. The van der Waals surface area contributed by atoms with Crippen LogP contribution in [0.1, 0.15) is 39.5 Å². The second kappa shape index (κ2) is 2.78. The third kappa shape index (κ3) is 1.96. The van der Waals surface area contributed by atoms with Crippen molar-refractivity contribution in [2.75, 3.05) is 0 Å². The highest BCUT2D eigenvalue weighted by atomic mass is 16.5. The Morgan fingerprint density at radius 1 is 0.909 bits per heavy atom. The number of ether oxygens (including phenoxy) is 1. The van der Waals surface area contributed by atoms with Crippen molar-refractivity contribution in [1.29, 1.82) is 0 Å². The summed E-state index contributed by atoms with van der Waals surface area (Å²) < 4.78 is 5.90. The molecule has 0 N–H and O–H groups in total. The van der Waals surface area contributed by atoms with E-state index in [9.17, 15) is 0 Å². The highest BCUT2D eigenvalue weighted by molar-refractivity contribution is 4.83. The molecule has 0 spiro atoms. The molecule has 0 heterocycles. The standard InChI is InChI=1S/C10H18O/c1-7(9-3-4-9)11-8(2)10-5-6-10/h7-10H,3-6H2,1-2H3. The maximum absolute atomic E-state index is 5.90. The molecule has 2 aliphatic carbocycles. The van der Waals surface area contributed by atoms with Gasteiger partial charge in [0.1, 0.15) is 0 Å². The highest BCUT2D eigenvalue weighted by Gasteiger charge is 2.34. The van der Waals surface area contributed by atoms with Crippen molar-refractivity contribution in [2.45, 2.75) is 51.7 Å². The minimum absolute atomic E-state index is 0.533. The largest absolute Gasteiger partial charge is 0.375 e. The molecule has 64 valence electrons. The average Bonchev–Trinajstić information content (AvgIpc) is 2.84. The maximum atomic E-state index is 5.90. The molecule has 2 atom stereocenters. The zero-order chi connectivity index (χ0) is 7.84. The van der Waals surface area contributed by atoms with E-state index in [0.29, 0.717) is 12.2 Å². The minimum Gasteiger partial charge on any atom is -0.375 e. The summed E-state index contributed by atoms with van der Waals surface area (Å²) in [6.07, 6.45) is 6.67. The summed E-state index contributed by atoms with van der Waals surface area (Å²) in [5, 5.41) is 0. The van der Waals surface area contributed by atoms with Crippen molar-refractivity contribution < 1.29 is 4.74 Å². The van der Waals surface area contributed by atoms with Gasteiger partial charge in [0, 0.05) is 0 Å². The molecule has 2 unspecified atom stereocenters. The summed E-state index contributed by atoms with van der Waals surface area (Å²) in [4.78, 5) is 0. The molecule has 0 saturated heterocycles. The molecule has 1 heteroatoms. The fraction of sp³-hybridized carbons (Fsp3) is 1.00. The first kappa shape index (κ1) is 7.60. The van der Waals surface area contributed by atoms with E-state index in [-0.39, 0.29) is 0 Å². The summed E-state index contributed by atoms with van der Waals surface area (Å²) in [7, 11) is 0. The van der Waals surface area contributed by atoms with Crippen LogP contribution in [0.4, 0.5) is 0 Å². The maximum Gasteiger partial charge on any atom is 0.0578 e. The molecule has 0 amide bonds. The van der Waals surface area contributed by atoms with Gasteiger partial charge in [-0.3, -0.25) is 0 Å². The lowest BCUT2D eigenvalue weighted by Gasteiger charge is -2.18. The van der Waals surface area contributed by atoms with Gasteiger partial charge in [0.05, 0.1) is 12.2 Å². The number of hydrogen-bond acceptors (Lipinski definition) is 1. The van der Waals surface area contributed by atoms with Gasteiger partial charge in [0.2, 0.25) is 0 Å². The van der Waals surface area contributed by atoms with Gasteiger partial charge in [0.15, 0.2) is 0 Å². The lowest BCUT2D eigenvalue weighted by molar-refractivity contribution is -0.0144. The zero-order valence-electron chi connectivity index (χ0n) is 7.55. The summed E-state index contributed by atoms with van der Waals surface area (Å²) in [6, 6.07) is 0. The average molecular weight is 154 g/mol. The first-order chi connectivity index (χ1) is 5.27. The molecule has 2 saturated carbocycles. The Hall–Kier alpha value is -0.0400. The summed E-state index contributed by atoms with van der Waals surface area (Å²) >= 11 is 0. The minimum atomic E-state index is 0.533. The molecular formula is C10H18O.